The molecule has 0 aromatic heterocycles. The van der Waals surface area contributed by atoms with Crippen molar-refractivity contribution in [2.45, 2.75) is 224 Å². The number of allylic oxidation sites excluding steroid dienone is 4. The van der Waals surface area contributed by atoms with Crippen LogP contribution < -0.4 is 29.6 Å². The lowest BCUT2D eigenvalue weighted by atomic mass is 9.75. The fourth-order valence-corrected chi connectivity index (χ4v) is 15.6. The normalized spacial score (nSPS) is 28.2. The van der Waals surface area contributed by atoms with Crippen molar-refractivity contribution >= 4 is 23.9 Å². The van der Waals surface area contributed by atoms with Crippen LogP contribution in [0.2, 0.25) is 0 Å². The number of carbonyl (C=O) groups excluding carboxylic acids is 4. The summed E-state index contributed by atoms with van der Waals surface area (Å²) in [6.07, 6.45) is 11.4. The van der Waals surface area contributed by atoms with Crippen LogP contribution in [0.25, 0.3) is 0 Å². The second-order valence-corrected chi connectivity index (χ2v) is 28.6. The minimum atomic E-state index is -0.687. The predicted octanol–water partition coefficient (Wildman–Crippen LogP) is 15.9. The first-order valence-corrected chi connectivity index (χ1v) is 33.4. The molecule has 0 radical (unpaired) electrons. The zero-order valence-electron chi connectivity index (χ0n) is 57.2. The van der Waals surface area contributed by atoms with Gasteiger partial charge in [-0.3, -0.25) is 0 Å². The number of methoxy groups -OCH3 is 4. The monoisotopic (exact) mass is 1220 g/mol. The highest BCUT2D eigenvalue weighted by atomic mass is 16.6. The van der Waals surface area contributed by atoms with Crippen molar-refractivity contribution < 1.29 is 57.1 Å². The molecule has 4 aliphatic carbocycles. The Balaban J connectivity index is 0.000000251. The lowest BCUT2D eigenvalue weighted by molar-refractivity contribution is -0.154. The molecular weight excluding hydrogens is 1110 g/mol. The van der Waals surface area contributed by atoms with Gasteiger partial charge in [-0.2, -0.15) is 0 Å². The molecule has 2 heterocycles. The van der Waals surface area contributed by atoms with Crippen LogP contribution in [0.5, 0.6) is 23.0 Å². The van der Waals surface area contributed by atoms with Crippen LogP contribution in [0, 0.1) is 71.0 Å². The summed E-state index contributed by atoms with van der Waals surface area (Å²) in [4.78, 5) is 57.2. The van der Waals surface area contributed by atoms with Crippen molar-refractivity contribution in [2.75, 3.05) is 28.4 Å². The maximum Gasteiger partial charge on any atom is 0.337 e. The van der Waals surface area contributed by atoms with E-state index in [1.807, 2.05) is 64.1 Å². The van der Waals surface area contributed by atoms with Gasteiger partial charge in [0.2, 0.25) is 0 Å². The number of dihydropyridines is 2. The SMILES string of the molecule is COc1ccc(C2C(C(=O)O[C@@H]3C[C@H](C)CC[C@H]3C(C)C)=C(C)NC(C)=C2C(=O)O[C@@H]2C[C@H](C)CC[C@H]2C(C)C)cc1OC.COc1ccc(C2C(C(=O)O[C@@H]3C[C@H](C)CC[C@H]3C(C)C)=C(C)NC(C)=C2C(=O)O[C@@H]2C[C@H](C)CC[C@H]2C(C)C)cc1OC. The molecule has 4 fully saturated rings. The molecule has 14 nitrogen and oxygen atoms in total. The molecule has 12 atom stereocenters. The van der Waals surface area contributed by atoms with Gasteiger partial charge in [-0.1, -0.05) is 121 Å². The summed E-state index contributed by atoms with van der Waals surface area (Å²) in [6.45, 7) is 34.1. The highest BCUT2D eigenvalue weighted by Crippen LogP contribution is 2.48. The summed E-state index contributed by atoms with van der Waals surface area (Å²) in [7, 11) is 6.36. The molecular formula is C74H110N2O12. The standard InChI is InChI=1S/2C37H55NO6/c2*1-20(2)27-14-11-22(5)17-30(27)43-36(39)33-24(7)38-25(8)34(35(33)26-13-16-29(41-9)32(19-26)42-10)37(40)44-31-18-23(6)12-15-28(31)21(3)4/h2*13,16,19-23,27-28,30-31,35,38H,11-12,14-15,17-18H2,1-10H3/t2*22-,23-,27+,28+,30-,31-/m11/s1. The van der Waals surface area contributed by atoms with Crippen LogP contribution in [-0.4, -0.2) is 76.7 Å². The van der Waals surface area contributed by atoms with E-state index < -0.39 is 11.8 Å². The molecule has 2 N–H and O–H groups in total. The van der Waals surface area contributed by atoms with Gasteiger partial charge in [0.05, 0.1) is 62.6 Å². The molecule has 88 heavy (non-hydrogen) atoms. The molecule has 14 heteroatoms. The zero-order chi connectivity index (χ0) is 64.6. The predicted molar refractivity (Wildman–Crippen MR) is 347 cm³/mol. The average Bonchev–Trinajstić information content (AvgIpc) is 3.46. The number of nitrogens with one attached hydrogen (secondary N) is 2. The Morgan fingerprint density at radius 1 is 0.364 bits per heavy atom. The summed E-state index contributed by atoms with van der Waals surface area (Å²) in [6, 6.07) is 11.2. The van der Waals surface area contributed by atoms with Crippen LogP contribution in [0.1, 0.15) is 211 Å². The van der Waals surface area contributed by atoms with Crippen molar-refractivity contribution in [3.05, 3.63) is 92.6 Å². The lowest BCUT2D eigenvalue weighted by Gasteiger charge is -2.39. The molecule has 8 rings (SSSR count). The Morgan fingerprint density at radius 2 is 0.591 bits per heavy atom. The number of ether oxygens (including phenoxy) is 8. The fourth-order valence-electron chi connectivity index (χ4n) is 15.6. The molecule has 0 saturated heterocycles. The van der Waals surface area contributed by atoms with Gasteiger partial charge in [-0.25, -0.2) is 19.2 Å². The Labute approximate surface area is 528 Å². The summed E-state index contributed by atoms with van der Waals surface area (Å²) < 4.78 is 48.0. The third-order valence-corrected chi connectivity index (χ3v) is 20.8. The Morgan fingerprint density at radius 3 is 0.795 bits per heavy atom. The van der Waals surface area contributed by atoms with E-state index in [9.17, 15) is 19.2 Å². The van der Waals surface area contributed by atoms with Gasteiger partial charge in [-0.15, -0.1) is 0 Å². The third-order valence-electron chi connectivity index (χ3n) is 20.8. The Kier molecular flexibility index (Phi) is 24.3. The van der Waals surface area contributed by atoms with Gasteiger partial charge in [0, 0.05) is 22.8 Å². The van der Waals surface area contributed by atoms with Crippen LogP contribution >= 0.6 is 0 Å². The largest absolute Gasteiger partial charge is 0.493 e. The lowest BCUT2D eigenvalue weighted by Crippen LogP contribution is -2.40. The van der Waals surface area contributed by atoms with E-state index in [2.05, 4.69) is 93.7 Å². The van der Waals surface area contributed by atoms with E-state index in [0.717, 1.165) is 88.2 Å². The van der Waals surface area contributed by atoms with Crippen molar-refractivity contribution in [3.63, 3.8) is 0 Å². The molecule has 0 amide bonds. The Bertz CT molecular complexity index is 2580. The smallest absolute Gasteiger partial charge is 0.337 e. The fraction of sp³-hybridized carbons (Fsp3) is 0.676. The summed E-state index contributed by atoms with van der Waals surface area (Å²) >= 11 is 0. The quantitative estimate of drug-likeness (QED) is 0.107. The second-order valence-electron chi connectivity index (χ2n) is 28.6. The van der Waals surface area contributed by atoms with Gasteiger partial charge in [0.25, 0.3) is 0 Å². The average molecular weight is 1220 g/mol. The van der Waals surface area contributed by atoms with Gasteiger partial charge in [-0.05, 0) is 185 Å². The van der Waals surface area contributed by atoms with Gasteiger partial charge < -0.3 is 48.5 Å². The van der Waals surface area contributed by atoms with E-state index in [4.69, 9.17) is 37.9 Å². The number of hydrogen-bond acceptors (Lipinski definition) is 14. The van der Waals surface area contributed by atoms with Crippen molar-refractivity contribution in [1.29, 1.82) is 0 Å². The van der Waals surface area contributed by atoms with E-state index in [1.54, 1.807) is 28.4 Å². The number of rotatable bonds is 18. The first kappa shape index (κ1) is 69.6. The summed E-state index contributed by atoms with van der Waals surface area (Å²) in [5.41, 5.74) is 5.97. The number of benzene rings is 2. The van der Waals surface area contributed by atoms with Crippen molar-refractivity contribution in [2.24, 2.45) is 71.0 Å². The topological polar surface area (TPSA) is 166 Å². The molecule has 2 aromatic carbocycles. The van der Waals surface area contributed by atoms with Gasteiger partial charge >= 0.3 is 23.9 Å². The van der Waals surface area contributed by atoms with Gasteiger partial charge in [0.1, 0.15) is 24.4 Å². The maximum atomic E-state index is 14.3. The minimum absolute atomic E-state index is 0.171. The number of carbonyl (C=O) groups is 4. The van der Waals surface area contributed by atoms with Crippen molar-refractivity contribution in [3.8, 4) is 23.0 Å². The third kappa shape index (κ3) is 16.2. The molecule has 0 spiro atoms. The zero-order valence-corrected chi connectivity index (χ0v) is 57.2. The first-order chi connectivity index (χ1) is 41.7. The maximum absolute atomic E-state index is 14.3. The molecule has 6 aliphatic rings. The molecule has 2 aliphatic heterocycles. The molecule has 0 bridgehead atoms. The Hall–Kier alpha value is -5.92. The molecule has 4 saturated carbocycles. The van der Waals surface area contributed by atoms with Gasteiger partial charge in [0.15, 0.2) is 23.0 Å². The van der Waals surface area contributed by atoms with Crippen molar-refractivity contribution in [1.82, 2.24) is 10.6 Å². The van der Waals surface area contributed by atoms with Crippen LogP contribution in [-0.2, 0) is 38.1 Å². The van der Waals surface area contributed by atoms with Crippen LogP contribution in [0.4, 0.5) is 0 Å². The second kappa shape index (κ2) is 30.7. The van der Waals surface area contributed by atoms with E-state index >= 15 is 0 Å². The van der Waals surface area contributed by atoms with E-state index in [-0.39, 0.29) is 48.3 Å². The number of esters is 4. The molecule has 2 aromatic rings. The first-order valence-electron chi connectivity index (χ1n) is 33.4. The number of hydrogen-bond donors (Lipinski definition) is 2. The van der Waals surface area contributed by atoms with Crippen LogP contribution in [0.3, 0.4) is 0 Å². The molecule has 488 valence electrons. The minimum Gasteiger partial charge on any atom is -0.493 e. The van der Waals surface area contributed by atoms with E-state index in [0.29, 0.717) is 139 Å². The highest BCUT2D eigenvalue weighted by molar-refractivity contribution is 6.01. The van der Waals surface area contributed by atoms with Crippen LogP contribution in [0.15, 0.2) is 81.5 Å². The highest BCUT2D eigenvalue weighted by Gasteiger charge is 2.46. The van der Waals surface area contributed by atoms with E-state index in [1.165, 1.54) is 0 Å². The molecule has 0 unspecified atom stereocenters. The summed E-state index contributed by atoms with van der Waals surface area (Å²) in [5.74, 6) is 4.07. The summed E-state index contributed by atoms with van der Waals surface area (Å²) in [5, 5.41) is 6.71.